The van der Waals surface area contributed by atoms with Crippen LogP contribution in [0.4, 0.5) is 0 Å². The van der Waals surface area contributed by atoms with E-state index in [1.165, 1.54) is 32.9 Å². The van der Waals surface area contributed by atoms with Crippen molar-refractivity contribution in [3.8, 4) is 0 Å². The molecule has 232 valence electrons. The van der Waals surface area contributed by atoms with Crippen molar-refractivity contribution < 1.29 is 57.2 Å². The van der Waals surface area contributed by atoms with E-state index in [0.717, 1.165) is 34.6 Å². The molecule has 1 fully saturated rings. The van der Waals surface area contributed by atoms with Gasteiger partial charge in [-0.3, -0.25) is 33.6 Å². The molecule has 0 saturated heterocycles. The maximum atomic E-state index is 14.3. The lowest BCUT2D eigenvalue weighted by Crippen LogP contribution is -2.58. The van der Waals surface area contributed by atoms with E-state index in [-0.39, 0.29) is 12.0 Å². The predicted octanol–water partition coefficient (Wildman–Crippen LogP) is 2.60. The first-order valence-corrected chi connectivity index (χ1v) is 13.6. The van der Waals surface area contributed by atoms with E-state index in [4.69, 9.17) is 23.7 Å². The quantitative estimate of drug-likeness (QED) is 0.261. The van der Waals surface area contributed by atoms with Crippen LogP contribution >= 0.6 is 0 Å². The summed E-state index contributed by atoms with van der Waals surface area (Å²) in [6.45, 7) is 15.7. The maximum absolute atomic E-state index is 14.3. The van der Waals surface area contributed by atoms with Gasteiger partial charge in [-0.05, 0) is 19.8 Å². The van der Waals surface area contributed by atoms with Crippen LogP contribution in [0.1, 0.15) is 68.7 Å². The Hall–Kier alpha value is -3.83. The third kappa shape index (κ3) is 7.32. The molecule has 0 aromatic carbocycles. The van der Waals surface area contributed by atoms with Crippen molar-refractivity contribution in [3.63, 3.8) is 0 Å². The number of esters is 5. The van der Waals surface area contributed by atoms with Gasteiger partial charge in [0, 0.05) is 57.9 Å². The van der Waals surface area contributed by atoms with Gasteiger partial charge in [-0.25, -0.2) is 0 Å². The molecule has 8 unspecified atom stereocenters. The molecular formula is C30H40O12. The van der Waals surface area contributed by atoms with Crippen molar-refractivity contribution >= 4 is 41.4 Å². The number of Topliss-reactive ketones (excluding diaryl/α,β-unsaturated/α-hetero) is 2. The van der Waals surface area contributed by atoms with Gasteiger partial charge in [0.25, 0.3) is 0 Å². The highest BCUT2D eigenvalue weighted by Gasteiger charge is 2.65. The molecule has 0 spiro atoms. The largest absolute Gasteiger partial charge is 0.462 e. The van der Waals surface area contributed by atoms with Crippen molar-refractivity contribution in [2.24, 2.45) is 23.2 Å². The van der Waals surface area contributed by atoms with Crippen LogP contribution in [0, 0.1) is 23.2 Å². The van der Waals surface area contributed by atoms with Crippen molar-refractivity contribution in [1.82, 2.24) is 0 Å². The minimum Gasteiger partial charge on any atom is -0.462 e. The van der Waals surface area contributed by atoms with Gasteiger partial charge in [-0.15, -0.1) is 0 Å². The fourth-order valence-corrected chi connectivity index (χ4v) is 5.80. The van der Waals surface area contributed by atoms with E-state index >= 15 is 0 Å². The van der Waals surface area contributed by atoms with Gasteiger partial charge in [0.05, 0.1) is 5.92 Å². The highest BCUT2D eigenvalue weighted by atomic mass is 16.6. The second-order valence-electron chi connectivity index (χ2n) is 11.5. The summed E-state index contributed by atoms with van der Waals surface area (Å²) in [5.41, 5.74) is -3.64. The Morgan fingerprint density at radius 1 is 0.738 bits per heavy atom. The average molecular weight is 593 g/mol. The van der Waals surface area contributed by atoms with E-state index < -0.39 is 94.6 Å². The maximum Gasteiger partial charge on any atom is 0.303 e. The molecular weight excluding hydrogens is 552 g/mol. The zero-order valence-corrected chi connectivity index (χ0v) is 25.5. The molecule has 0 aromatic rings. The third-order valence-corrected chi connectivity index (χ3v) is 7.44. The molecule has 0 aromatic heterocycles. The van der Waals surface area contributed by atoms with Crippen LogP contribution in [0.2, 0.25) is 0 Å². The molecule has 12 heteroatoms. The number of hydrogen-bond acceptors (Lipinski definition) is 12. The van der Waals surface area contributed by atoms with E-state index in [1.54, 1.807) is 6.92 Å². The van der Waals surface area contributed by atoms with Crippen LogP contribution in [0.5, 0.6) is 0 Å². The molecule has 2 rings (SSSR count). The number of ketones is 2. The minimum atomic E-state index is -2.01. The lowest BCUT2D eigenvalue weighted by molar-refractivity contribution is -0.187. The summed E-state index contributed by atoms with van der Waals surface area (Å²) in [5, 5.41) is 0. The first kappa shape index (κ1) is 34.4. The molecule has 2 aliphatic carbocycles. The van der Waals surface area contributed by atoms with Crippen LogP contribution < -0.4 is 0 Å². The number of rotatable bonds is 5. The number of carbonyl (C=O) groups excluding carboxylic acids is 7. The summed E-state index contributed by atoms with van der Waals surface area (Å²) in [6.07, 6.45) is -3.48. The first-order chi connectivity index (χ1) is 19.2. The molecule has 12 nitrogen and oxygen atoms in total. The van der Waals surface area contributed by atoms with E-state index in [9.17, 15) is 33.6 Å². The van der Waals surface area contributed by atoms with E-state index in [0.29, 0.717) is 0 Å². The number of carbonyl (C=O) groups is 7. The smallest absolute Gasteiger partial charge is 0.303 e. The second-order valence-corrected chi connectivity index (χ2v) is 11.5. The average Bonchev–Trinajstić information content (AvgIpc) is 3.10. The van der Waals surface area contributed by atoms with Gasteiger partial charge in [0.1, 0.15) is 12.2 Å². The normalized spacial score (nSPS) is 33.6. The molecule has 1 saturated carbocycles. The summed E-state index contributed by atoms with van der Waals surface area (Å²) < 4.78 is 28.0. The van der Waals surface area contributed by atoms with Crippen molar-refractivity contribution in [1.29, 1.82) is 0 Å². The summed E-state index contributed by atoms with van der Waals surface area (Å²) in [6, 6.07) is 0. The molecule has 0 heterocycles. The molecule has 0 amide bonds. The SMILES string of the molecule is C=C1C(OC(C)=O)C(OC(C)=O)C(=O)C(C)(C)/C=C/C(C)C(=O)C2(OC(C)=O)CC(C)C(OC(C)=O)C2C1OC(C)=O. The van der Waals surface area contributed by atoms with Crippen LogP contribution in [-0.2, 0) is 57.2 Å². The first-order valence-electron chi connectivity index (χ1n) is 13.6. The highest BCUT2D eigenvalue weighted by molar-refractivity contribution is 5.95. The van der Waals surface area contributed by atoms with Crippen LogP contribution in [0.25, 0.3) is 0 Å². The lowest BCUT2D eigenvalue weighted by Gasteiger charge is -2.42. The van der Waals surface area contributed by atoms with Gasteiger partial charge in [0.15, 0.2) is 23.3 Å². The zero-order chi connectivity index (χ0) is 32.3. The fourth-order valence-electron chi connectivity index (χ4n) is 5.80. The molecule has 0 radical (unpaired) electrons. The Kier molecular flexibility index (Phi) is 10.6. The summed E-state index contributed by atoms with van der Waals surface area (Å²) >= 11 is 0. The Morgan fingerprint density at radius 3 is 1.69 bits per heavy atom. The van der Waals surface area contributed by atoms with Gasteiger partial charge >= 0.3 is 29.8 Å². The molecule has 0 bridgehead atoms. The fraction of sp³-hybridized carbons (Fsp3) is 0.633. The highest BCUT2D eigenvalue weighted by Crippen LogP contribution is 2.51. The minimum absolute atomic E-state index is 0.120. The molecule has 0 aliphatic heterocycles. The van der Waals surface area contributed by atoms with Crippen LogP contribution in [0.15, 0.2) is 24.3 Å². The summed E-state index contributed by atoms with van der Waals surface area (Å²) in [7, 11) is 0. The van der Waals surface area contributed by atoms with E-state index in [1.807, 2.05) is 0 Å². The third-order valence-electron chi connectivity index (χ3n) is 7.44. The monoisotopic (exact) mass is 592 g/mol. The number of allylic oxidation sites excluding steroid dienone is 2. The number of fused-ring (bicyclic) bond motifs is 1. The Labute approximate surface area is 245 Å². The topological polar surface area (TPSA) is 166 Å². The van der Waals surface area contributed by atoms with Gasteiger partial charge < -0.3 is 23.7 Å². The predicted molar refractivity (Wildman–Crippen MR) is 145 cm³/mol. The second kappa shape index (κ2) is 13.0. The Bertz CT molecular complexity index is 1200. The van der Waals surface area contributed by atoms with E-state index in [2.05, 4.69) is 6.58 Å². The van der Waals surface area contributed by atoms with Gasteiger partial charge in [-0.1, -0.05) is 32.6 Å². The number of ether oxygens (including phenoxy) is 5. The molecule has 2 aliphatic rings. The van der Waals surface area contributed by atoms with Crippen LogP contribution in [-0.4, -0.2) is 71.4 Å². The Morgan fingerprint density at radius 2 is 1.21 bits per heavy atom. The lowest BCUT2D eigenvalue weighted by atomic mass is 9.72. The van der Waals surface area contributed by atoms with Crippen molar-refractivity contribution in [2.75, 3.05) is 0 Å². The molecule has 8 atom stereocenters. The molecule has 0 N–H and O–H groups in total. The zero-order valence-electron chi connectivity index (χ0n) is 25.5. The molecule has 42 heavy (non-hydrogen) atoms. The summed E-state index contributed by atoms with van der Waals surface area (Å²) in [5.74, 6) is -8.45. The standard InChI is InChI=1S/C30H40O12/c1-14-11-12-29(9,10)28(37)26(41-20(7)34)25(40-19(6)33)16(3)24(39-18(5)32)22-23(38-17(4)31)15(2)13-30(22,27(14)36)42-21(8)35/h11-12,14-15,22-26H,3,13H2,1-2,4-10H3/b12-11+. The number of hydrogen-bond donors (Lipinski definition) is 0. The summed E-state index contributed by atoms with van der Waals surface area (Å²) in [4.78, 5) is 90.0. The van der Waals surface area contributed by atoms with Gasteiger partial charge in [0.2, 0.25) is 6.10 Å². The van der Waals surface area contributed by atoms with Crippen molar-refractivity contribution in [2.45, 2.75) is 98.8 Å². The Balaban J connectivity index is 3.07. The van der Waals surface area contributed by atoms with Gasteiger partial charge in [-0.2, -0.15) is 0 Å². The van der Waals surface area contributed by atoms with Crippen molar-refractivity contribution in [3.05, 3.63) is 24.3 Å². The van der Waals surface area contributed by atoms with Crippen LogP contribution in [0.3, 0.4) is 0 Å².